The number of amides is 2. The van der Waals surface area contributed by atoms with Gasteiger partial charge in [-0.05, 0) is 59.6 Å². The maximum absolute atomic E-state index is 16.7. The molecule has 2 atom stereocenters. The van der Waals surface area contributed by atoms with E-state index in [0.717, 1.165) is 15.9 Å². The fourth-order valence-corrected chi connectivity index (χ4v) is 8.15. The average molecular weight is 902 g/mol. The number of nitrogens with zero attached hydrogens (tertiary/aromatic N) is 6. The first-order valence-electron chi connectivity index (χ1n) is 19.1. The summed E-state index contributed by atoms with van der Waals surface area (Å²) in [5.74, 6) is -4.31. The van der Waals surface area contributed by atoms with Crippen LogP contribution >= 0.6 is 22.9 Å². The van der Waals surface area contributed by atoms with E-state index < -0.39 is 83.6 Å². The van der Waals surface area contributed by atoms with E-state index in [0.29, 0.717) is 16.0 Å². The van der Waals surface area contributed by atoms with Gasteiger partial charge >= 0.3 is 18.2 Å². The molecule has 1 saturated carbocycles. The molecule has 0 spiro atoms. The number of esters is 1. The Kier molecular flexibility index (Phi) is 12.2. The molecule has 0 unspecified atom stereocenters. The van der Waals surface area contributed by atoms with Gasteiger partial charge < -0.3 is 9.47 Å². The van der Waals surface area contributed by atoms with E-state index in [1.165, 1.54) is 41.7 Å². The molecule has 0 radical (unpaired) electrons. The van der Waals surface area contributed by atoms with Gasteiger partial charge in [0.15, 0.2) is 11.4 Å². The van der Waals surface area contributed by atoms with E-state index >= 15 is 9.18 Å². The molecule has 1 N–H and O–H groups in total. The fourth-order valence-electron chi connectivity index (χ4n) is 7.34. The van der Waals surface area contributed by atoms with Gasteiger partial charge in [-0.2, -0.15) is 18.3 Å². The number of benzene rings is 3. The summed E-state index contributed by atoms with van der Waals surface area (Å²) >= 11 is 7.76. The van der Waals surface area contributed by atoms with Gasteiger partial charge in [0.05, 0.1) is 39.0 Å². The summed E-state index contributed by atoms with van der Waals surface area (Å²) in [7, 11) is 0. The minimum Gasteiger partial charge on any atom is -0.463 e. The Hall–Kier alpha value is -5.82. The quantitative estimate of drug-likeness (QED) is 0.0910. The Morgan fingerprint density at radius 3 is 2.39 bits per heavy atom. The maximum Gasteiger partial charge on any atom is 0.414 e. The molecule has 1 fully saturated rings. The molecular formula is C42H38ClF6N7O5S. The molecule has 5 aromatic rings. The number of carbonyl (C=O) groups excluding carboxylic acids is 3. The lowest BCUT2D eigenvalue weighted by atomic mass is 9.75. The Morgan fingerprint density at radius 2 is 1.76 bits per heavy atom. The van der Waals surface area contributed by atoms with Crippen molar-refractivity contribution in [2.45, 2.75) is 77.2 Å². The average Bonchev–Trinajstić information content (AvgIpc) is 3.51. The molecule has 20 heteroatoms. The first-order chi connectivity index (χ1) is 29.3. The maximum atomic E-state index is 16.7. The van der Waals surface area contributed by atoms with Crippen LogP contribution in [-0.2, 0) is 31.2 Å². The van der Waals surface area contributed by atoms with Gasteiger partial charge in [-0.15, -0.1) is 11.3 Å². The van der Waals surface area contributed by atoms with Crippen LogP contribution in [0, 0.1) is 16.6 Å². The minimum atomic E-state index is -4.70. The number of carbonyl (C=O) groups is 3. The van der Waals surface area contributed by atoms with Gasteiger partial charge in [0, 0.05) is 11.8 Å². The molecular weight excluding hydrogens is 864 g/mol. The predicted molar refractivity (Wildman–Crippen MR) is 215 cm³/mol. The van der Waals surface area contributed by atoms with Crippen molar-refractivity contribution >= 4 is 46.9 Å². The zero-order valence-corrected chi connectivity index (χ0v) is 34.8. The van der Waals surface area contributed by atoms with Crippen LogP contribution in [0.1, 0.15) is 81.4 Å². The van der Waals surface area contributed by atoms with Crippen molar-refractivity contribution < 1.29 is 50.2 Å². The molecule has 3 aromatic carbocycles. The van der Waals surface area contributed by atoms with Gasteiger partial charge in [0.1, 0.15) is 25.4 Å². The Balaban J connectivity index is 1.36. The highest BCUT2D eigenvalue weighted by atomic mass is 35.5. The summed E-state index contributed by atoms with van der Waals surface area (Å²) in [6.07, 6.45) is -8.27. The molecule has 2 amide bonds. The number of rotatable bonds is 13. The SMILES string of the molecule is CC(C)(C)C[C@]1(c2ccc(-c3cncs3)cc2F)N=C(NC(=O)OCc2ccccc2)N([C@H](COC(=O)CC2(C(F)(F)F)CC2)c2ccc(Cl)c(-n3ncnc3C(F)F)c2)C1=O. The summed E-state index contributed by atoms with van der Waals surface area (Å²) < 4.78 is 98.4. The van der Waals surface area contributed by atoms with E-state index in [2.05, 4.69) is 20.4 Å². The van der Waals surface area contributed by atoms with Crippen molar-refractivity contribution in [3.63, 3.8) is 0 Å². The third-order valence-electron chi connectivity index (χ3n) is 10.4. The predicted octanol–water partition coefficient (Wildman–Crippen LogP) is 9.89. The molecule has 12 nitrogen and oxygen atoms in total. The van der Waals surface area contributed by atoms with E-state index in [9.17, 15) is 31.5 Å². The van der Waals surface area contributed by atoms with Gasteiger partial charge in [-0.3, -0.25) is 24.8 Å². The monoisotopic (exact) mass is 901 g/mol. The highest BCUT2D eigenvalue weighted by molar-refractivity contribution is 7.13. The molecule has 0 saturated heterocycles. The molecule has 2 aromatic heterocycles. The number of alkyl carbamates (subject to hydrolysis) is 1. The molecule has 3 heterocycles. The Bertz CT molecular complexity index is 2490. The van der Waals surface area contributed by atoms with Gasteiger partial charge in [0.2, 0.25) is 5.96 Å². The smallest absolute Gasteiger partial charge is 0.414 e. The number of nitrogens with one attached hydrogen (secondary N) is 1. The highest BCUT2D eigenvalue weighted by Crippen LogP contribution is 2.60. The number of guanidine groups is 1. The summed E-state index contributed by atoms with van der Waals surface area (Å²) in [6.45, 7) is 4.27. The second-order valence-corrected chi connectivity index (χ2v) is 17.4. The van der Waals surface area contributed by atoms with Crippen molar-refractivity contribution in [2.24, 2.45) is 15.8 Å². The van der Waals surface area contributed by atoms with Crippen molar-refractivity contribution in [1.29, 1.82) is 0 Å². The minimum absolute atomic E-state index is 0.0120. The lowest BCUT2D eigenvalue weighted by molar-refractivity contribution is -0.195. The standard InChI is InChI=1S/C42H38ClF6N7O5S/c1-39(2,3)21-41(27-11-9-26(15-29(27)44)32-18-50-23-62-32)36(58)55(37(54-41)53-38(59)61-19-24-7-5-4-6-8-24)31(20-60-33(57)17-40(13-14-40)42(47,48)49)25-10-12-28(43)30(16-25)56-35(34(45)46)51-22-52-56/h4-12,15-16,18,22-23,31,34H,13-14,17,19-21H2,1-3H3,(H,53,54,59)/t31-,41-/m1/s1. The lowest BCUT2D eigenvalue weighted by Crippen LogP contribution is -2.50. The van der Waals surface area contributed by atoms with Crippen molar-refractivity contribution in [2.75, 3.05) is 6.61 Å². The van der Waals surface area contributed by atoms with Gasteiger partial charge in [-0.25, -0.2) is 32.6 Å². The molecule has 1 aliphatic heterocycles. The summed E-state index contributed by atoms with van der Waals surface area (Å²) in [6, 6.07) is 15.1. The van der Waals surface area contributed by atoms with Crippen LogP contribution < -0.4 is 5.32 Å². The fraction of sp³-hybridized carbons (Fsp3) is 0.357. The first-order valence-corrected chi connectivity index (χ1v) is 20.4. The van der Waals surface area contributed by atoms with Crippen LogP contribution in [0.5, 0.6) is 0 Å². The van der Waals surface area contributed by atoms with Crippen molar-refractivity contribution in [3.8, 4) is 16.1 Å². The summed E-state index contributed by atoms with van der Waals surface area (Å²) in [5.41, 5.74) is -2.89. The zero-order chi connectivity index (χ0) is 44.6. The summed E-state index contributed by atoms with van der Waals surface area (Å²) in [4.78, 5) is 56.4. The number of alkyl halides is 5. The number of thiazole rings is 1. The Labute approximate surface area is 359 Å². The third-order valence-corrected chi connectivity index (χ3v) is 11.6. The van der Waals surface area contributed by atoms with E-state index in [1.54, 1.807) is 68.9 Å². The zero-order valence-electron chi connectivity index (χ0n) is 33.3. The number of aromatic nitrogens is 4. The second kappa shape index (κ2) is 17.2. The normalized spacial score (nSPS) is 17.8. The van der Waals surface area contributed by atoms with Crippen LogP contribution in [0.2, 0.25) is 5.02 Å². The van der Waals surface area contributed by atoms with Gasteiger partial charge in [-0.1, -0.05) is 80.9 Å². The lowest BCUT2D eigenvalue weighted by Gasteiger charge is -2.35. The molecule has 7 rings (SSSR count). The second-order valence-electron chi connectivity index (χ2n) is 16.2. The Morgan fingerprint density at radius 1 is 1.02 bits per heavy atom. The topological polar surface area (TPSA) is 141 Å². The third kappa shape index (κ3) is 9.18. The van der Waals surface area contributed by atoms with Gasteiger partial charge in [0.25, 0.3) is 12.3 Å². The number of hydrogen-bond donors (Lipinski definition) is 1. The van der Waals surface area contributed by atoms with E-state index in [4.69, 9.17) is 26.1 Å². The molecule has 1 aliphatic carbocycles. The van der Waals surface area contributed by atoms with E-state index in [-0.39, 0.29) is 47.7 Å². The van der Waals surface area contributed by atoms with Crippen molar-refractivity contribution in [1.82, 2.24) is 30.0 Å². The van der Waals surface area contributed by atoms with Crippen LogP contribution in [0.25, 0.3) is 16.1 Å². The summed E-state index contributed by atoms with van der Waals surface area (Å²) in [5, 5.41) is 6.29. The van der Waals surface area contributed by atoms with E-state index in [1.807, 2.05) is 0 Å². The molecule has 2 aliphatic rings. The molecule has 326 valence electrons. The molecule has 62 heavy (non-hydrogen) atoms. The van der Waals surface area contributed by atoms with Crippen molar-refractivity contribution in [3.05, 3.63) is 118 Å². The van der Waals surface area contributed by atoms with Crippen LogP contribution in [0.4, 0.5) is 31.1 Å². The van der Waals surface area contributed by atoms with Crippen LogP contribution in [-0.4, -0.2) is 61.4 Å². The highest BCUT2D eigenvalue weighted by Gasteiger charge is 2.64. The first kappa shape index (κ1) is 44.2. The number of ether oxygens (including phenoxy) is 2. The number of aliphatic imine (C=N–C) groups is 1. The number of hydrogen-bond acceptors (Lipinski definition) is 10. The molecule has 0 bridgehead atoms. The number of halogens is 7. The van der Waals surface area contributed by atoms with Crippen LogP contribution in [0.3, 0.4) is 0 Å². The van der Waals surface area contributed by atoms with Crippen LogP contribution in [0.15, 0.2) is 89.8 Å². The largest absolute Gasteiger partial charge is 0.463 e.